The van der Waals surface area contributed by atoms with Crippen LogP contribution in [0.4, 0.5) is 22.4 Å². The zero-order valence-electron chi connectivity index (χ0n) is 22.1. The van der Waals surface area contributed by atoms with Crippen molar-refractivity contribution in [2.75, 3.05) is 46.4 Å². The van der Waals surface area contributed by atoms with Crippen molar-refractivity contribution in [2.45, 2.75) is 25.6 Å². The van der Waals surface area contributed by atoms with Gasteiger partial charge in [0.05, 0.1) is 23.8 Å². The van der Waals surface area contributed by atoms with Gasteiger partial charge in [0.2, 0.25) is 0 Å². The van der Waals surface area contributed by atoms with Crippen molar-refractivity contribution in [1.29, 1.82) is 0 Å². The van der Waals surface area contributed by atoms with Crippen LogP contribution in [0.1, 0.15) is 40.9 Å². The quantitative estimate of drug-likeness (QED) is 0.422. The molecule has 0 spiro atoms. The van der Waals surface area contributed by atoms with Gasteiger partial charge in [0, 0.05) is 51.0 Å². The second-order valence-electron chi connectivity index (χ2n) is 9.57. The Morgan fingerprint density at radius 3 is 2.30 bits per heavy atom. The lowest BCUT2D eigenvalue weighted by atomic mass is 9.93. The molecule has 1 atom stereocenters. The van der Waals surface area contributed by atoms with Crippen LogP contribution in [0.3, 0.4) is 0 Å². The number of carbonyl (C=O) groups is 3. The first kappa shape index (κ1) is 29.1. The molecule has 1 fully saturated rings. The van der Waals surface area contributed by atoms with Gasteiger partial charge in [0.15, 0.2) is 0 Å². The van der Waals surface area contributed by atoms with E-state index in [1.807, 2.05) is 4.90 Å². The van der Waals surface area contributed by atoms with Crippen molar-refractivity contribution in [3.63, 3.8) is 0 Å². The highest BCUT2D eigenvalue weighted by Crippen LogP contribution is 2.34. The second-order valence-corrected chi connectivity index (χ2v) is 9.57. The van der Waals surface area contributed by atoms with E-state index in [1.165, 1.54) is 48.3 Å². The molecule has 40 heavy (non-hydrogen) atoms. The molecule has 1 saturated heterocycles. The van der Waals surface area contributed by atoms with Gasteiger partial charge in [-0.2, -0.15) is 13.2 Å². The van der Waals surface area contributed by atoms with Crippen LogP contribution < -0.4 is 5.32 Å². The largest absolute Gasteiger partial charge is 0.463 e. The molecule has 2 aliphatic heterocycles. The number of nitrogens with zero attached hydrogens (tertiary/aromatic N) is 3. The zero-order chi connectivity index (χ0) is 29.0. The number of amides is 3. The molecule has 3 amide bonds. The smallest absolute Gasteiger partial charge is 0.416 e. The van der Waals surface area contributed by atoms with E-state index < -0.39 is 35.6 Å². The van der Waals surface area contributed by atoms with Gasteiger partial charge >= 0.3 is 18.2 Å². The Bertz CT molecular complexity index is 1280. The van der Waals surface area contributed by atoms with E-state index in [1.54, 1.807) is 11.8 Å². The first-order chi connectivity index (χ1) is 19.0. The topological polar surface area (TPSA) is 82.2 Å². The average Bonchev–Trinajstić information content (AvgIpc) is 3.16. The molecule has 8 nitrogen and oxygen atoms in total. The second kappa shape index (κ2) is 12.1. The zero-order valence-corrected chi connectivity index (χ0v) is 22.1. The molecule has 0 aromatic heterocycles. The minimum Gasteiger partial charge on any atom is -0.463 e. The first-order valence-corrected chi connectivity index (χ1v) is 12.9. The van der Waals surface area contributed by atoms with Crippen LogP contribution in [-0.2, 0) is 15.7 Å². The number of likely N-dealkylation sites (N-methyl/N-ethyl adjacent to an activating group) is 1. The normalized spacial score (nSPS) is 18.9. The molecule has 2 aromatic carbocycles. The van der Waals surface area contributed by atoms with Gasteiger partial charge in [-0.15, -0.1) is 0 Å². The highest BCUT2D eigenvalue weighted by molar-refractivity contribution is 5.95. The van der Waals surface area contributed by atoms with Gasteiger partial charge in [-0.1, -0.05) is 12.1 Å². The lowest BCUT2D eigenvalue weighted by molar-refractivity contribution is -0.139. The fraction of sp³-hybridized carbons (Fsp3) is 0.393. The molecule has 2 aliphatic rings. The van der Waals surface area contributed by atoms with E-state index in [9.17, 15) is 31.9 Å². The minimum absolute atomic E-state index is 0.0666. The Kier molecular flexibility index (Phi) is 8.77. The number of alkyl halides is 3. The summed E-state index contributed by atoms with van der Waals surface area (Å²) in [4.78, 5) is 44.0. The van der Waals surface area contributed by atoms with Gasteiger partial charge in [-0.25, -0.2) is 14.0 Å². The van der Waals surface area contributed by atoms with E-state index in [4.69, 9.17) is 4.74 Å². The highest BCUT2D eigenvalue weighted by Gasteiger charge is 2.38. The lowest BCUT2D eigenvalue weighted by Crippen LogP contribution is -2.49. The molecule has 2 heterocycles. The summed E-state index contributed by atoms with van der Waals surface area (Å²) < 4.78 is 57.9. The summed E-state index contributed by atoms with van der Waals surface area (Å²) in [5.41, 5.74) is 0.339. The SMILES string of the molecule is CCOC(=O)C1=C(CN2CCCN(C(=O)c3ccc(F)cc3)CC2)N(C)C(=O)N[C@H]1c1ccc(C(F)(F)F)cc1. The first-order valence-electron chi connectivity index (χ1n) is 12.9. The fourth-order valence-electron chi connectivity index (χ4n) is 4.83. The molecular weight excluding hydrogens is 532 g/mol. The van der Waals surface area contributed by atoms with Gasteiger partial charge in [-0.3, -0.25) is 14.6 Å². The van der Waals surface area contributed by atoms with E-state index in [0.29, 0.717) is 49.4 Å². The average molecular weight is 563 g/mol. The highest BCUT2D eigenvalue weighted by atomic mass is 19.4. The van der Waals surface area contributed by atoms with Crippen molar-refractivity contribution in [3.8, 4) is 0 Å². The number of nitrogens with one attached hydrogen (secondary N) is 1. The molecule has 0 unspecified atom stereocenters. The molecule has 0 saturated carbocycles. The third kappa shape index (κ3) is 6.44. The van der Waals surface area contributed by atoms with E-state index in [-0.39, 0.29) is 24.6 Å². The number of rotatable bonds is 6. The van der Waals surface area contributed by atoms with Crippen molar-refractivity contribution in [3.05, 3.63) is 82.3 Å². The molecule has 0 aliphatic carbocycles. The van der Waals surface area contributed by atoms with Gasteiger partial charge in [-0.05, 0) is 55.3 Å². The van der Waals surface area contributed by atoms with Crippen LogP contribution in [0.2, 0.25) is 0 Å². The Morgan fingerprint density at radius 2 is 1.68 bits per heavy atom. The van der Waals surface area contributed by atoms with Crippen LogP contribution in [0, 0.1) is 5.82 Å². The predicted octanol–water partition coefficient (Wildman–Crippen LogP) is 4.21. The summed E-state index contributed by atoms with van der Waals surface area (Å²) in [6, 6.07) is 8.10. The molecule has 12 heteroatoms. The summed E-state index contributed by atoms with van der Waals surface area (Å²) >= 11 is 0. The summed E-state index contributed by atoms with van der Waals surface area (Å²) in [6.45, 7) is 3.72. The molecular formula is C28H30F4N4O4. The summed E-state index contributed by atoms with van der Waals surface area (Å²) in [6.07, 6.45) is -3.91. The summed E-state index contributed by atoms with van der Waals surface area (Å²) in [7, 11) is 1.51. The number of benzene rings is 2. The van der Waals surface area contributed by atoms with Gasteiger partial charge in [0.1, 0.15) is 5.82 Å². The number of ether oxygens (including phenoxy) is 1. The maximum absolute atomic E-state index is 13.3. The number of halogens is 4. The van der Waals surface area contributed by atoms with Crippen LogP contribution in [0.25, 0.3) is 0 Å². The maximum atomic E-state index is 13.3. The fourth-order valence-corrected chi connectivity index (χ4v) is 4.83. The van der Waals surface area contributed by atoms with E-state index in [2.05, 4.69) is 5.32 Å². The molecule has 0 radical (unpaired) electrons. The number of urea groups is 1. The molecule has 4 rings (SSSR count). The molecule has 0 bridgehead atoms. The van der Waals surface area contributed by atoms with Crippen LogP contribution in [0.5, 0.6) is 0 Å². The van der Waals surface area contributed by atoms with Crippen molar-refractivity contribution in [2.24, 2.45) is 0 Å². The lowest BCUT2D eigenvalue weighted by Gasteiger charge is -2.36. The predicted molar refractivity (Wildman–Crippen MR) is 137 cm³/mol. The van der Waals surface area contributed by atoms with E-state index in [0.717, 1.165) is 12.1 Å². The minimum atomic E-state index is -4.53. The maximum Gasteiger partial charge on any atom is 0.416 e. The molecule has 2 aromatic rings. The Morgan fingerprint density at radius 1 is 1.00 bits per heavy atom. The Labute approximate surface area is 229 Å². The van der Waals surface area contributed by atoms with Gasteiger partial charge in [0.25, 0.3) is 5.91 Å². The monoisotopic (exact) mass is 562 g/mol. The van der Waals surface area contributed by atoms with Crippen LogP contribution >= 0.6 is 0 Å². The van der Waals surface area contributed by atoms with Crippen molar-refractivity contribution in [1.82, 2.24) is 20.0 Å². The van der Waals surface area contributed by atoms with Crippen molar-refractivity contribution < 1.29 is 36.7 Å². The standard InChI is InChI=1S/C28H30F4N4O4/c1-3-40-26(38)23-22(34(2)27(39)33-24(23)18-5-9-20(10-6-18)28(30,31)32)17-35-13-4-14-36(16-15-35)25(37)19-7-11-21(29)12-8-19/h5-12,24H,3-4,13-17H2,1-2H3,(H,33,39)/t24-/m0/s1. The van der Waals surface area contributed by atoms with Crippen LogP contribution in [0.15, 0.2) is 59.8 Å². The third-order valence-corrected chi connectivity index (χ3v) is 6.98. The third-order valence-electron chi connectivity index (χ3n) is 6.98. The summed E-state index contributed by atoms with van der Waals surface area (Å²) in [5.74, 6) is -1.33. The molecule has 214 valence electrons. The molecule has 1 N–H and O–H groups in total. The number of hydrogen-bond donors (Lipinski definition) is 1. The Hall–Kier alpha value is -3.93. The number of carbonyl (C=O) groups excluding carboxylic acids is 3. The number of esters is 1. The van der Waals surface area contributed by atoms with E-state index >= 15 is 0 Å². The van der Waals surface area contributed by atoms with Gasteiger partial charge < -0.3 is 15.0 Å². The Balaban J connectivity index is 1.60. The number of hydrogen-bond acceptors (Lipinski definition) is 5. The van der Waals surface area contributed by atoms with Crippen molar-refractivity contribution >= 4 is 17.9 Å². The van der Waals surface area contributed by atoms with Crippen LogP contribution in [-0.4, -0.2) is 79.0 Å². The summed E-state index contributed by atoms with van der Waals surface area (Å²) in [5, 5.41) is 2.70.